The molecule has 70 valence electrons. The molecule has 1 aromatic rings. The fourth-order valence-corrected chi connectivity index (χ4v) is 0.914. The molecule has 3 heteroatoms. The van der Waals surface area contributed by atoms with Gasteiger partial charge in [0.2, 0.25) is 0 Å². The van der Waals surface area contributed by atoms with Gasteiger partial charge in [0.15, 0.2) is 0 Å². The molecule has 0 aromatic heterocycles. The molecule has 0 spiro atoms. The van der Waals surface area contributed by atoms with Gasteiger partial charge in [0, 0.05) is 0 Å². The zero-order valence-corrected chi connectivity index (χ0v) is 7.90. The molecule has 0 fully saturated rings. The molecule has 1 rings (SSSR count). The summed E-state index contributed by atoms with van der Waals surface area (Å²) >= 11 is 0. The molecule has 0 saturated heterocycles. The summed E-state index contributed by atoms with van der Waals surface area (Å²) < 4.78 is 5.33. The van der Waals surface area contributed by atoms with Gasteiger partial charge in [-0.2, -0.15) is 10.5 Å². The van der Waals surface area contributed by atoms with E-state index in [1.54, 1.807) is 31.2 Å². The third-order valence-corrected chi connectivity index (χ3v) is 1.68. The molecule has 14 heavy (non-hydrogen) atoms. The lowest BCUT2D eigenvalue weighted by molar-refractivity contribution is 0.288. The van der Waals surface area contributed by atoms with E-state index >= 15 is 0 Å². The van der Waals surface area contributed by atoms with E-state index in [1.807, 2.05) is 6.07 Å². The standard InChI is InChI=1S/C11H10N2O/c1-9(6-12)8-14-11-4-2-3-10(5-11)7-13/h2-5,9H,8H2,1H3. The normalized spacial score (nSPS) is 11.1. The maximum absolute atomic E-state index is 8.63. The summed E-state index contributed by atoms with van der Waals surface area (Å²) in [5.41, 5.74) is 0.562. The Morgan fingerprint density at radius 3 is 2.86 bits per heavy atom. The zero-order valence-electron chi connectivity index (χ0n) is 7.90. The lowest BCUT2D eigenvalue weighted by Crippen LogP contribution is -2.05. The van der Waals surface area contributed by atoms with Crippen molar-refractivity contribution in [3.8, 4) is 17.9 Å². The lowest BCUT2D eigenvalue weighted by Gasteiger charge is -2.06. The van der Waals surface area contributed by atoms with Crippen LogP contribution in [0.2, 0.25) is 0 Å². The van der Waals surface area contributed by atoms with Crippen LogP contribution in [0.25, 0.3) is 0 Å². The van der Waals surface area contributed by atoms with Crippen LogP contribution in [-0.4, -0.2) is 6.61 Å². The maximum atomic E-state index is 8.63. The van der Waals surface area contributed by atoms with Crippen molar-refractivity contribution >= 4 is 0 Å². The van der Waals surface area contributed by atoms with Crippen LogP contribution < -0.4 is 4.74 Å². The molecule has 1 aromatic carbocycles. The molecule has 0 aliphatic heterocycles. The molecule has 0 aliphatic carbocycles. The minimum absolute atomic E-state index is 0.138. The first-order chi connectivity index (χ1) is 6.76. The monoisotopic (exact) mass is 186 g/mol. The minimum atomic E-state index is -0.138. The molecule has 0 amide bonds. The van der Waals surface area contributed by atoms with Crippen molar-refractivity contribution < 1.29 is 4.74 Å². The number of nitrogens with zero attached hydrogens (tertiary/aromatic N) is 2. The van der Waals surface area contributed by atoms with E-state index in [2.05, 4.69) is 6.07 Å². The van der Waals surface area contributed by atoms with Crippen molar-refractivity contribution in [3.05, 3.63) is 29.8 Å². The van der Waals surface area contributed by atoms with Crippen molar-refractivity contribution in [3.63, 3.8) is 0 Å². The first-order valence-corrected chi connectivity index (χ1v) is 4.29. The van der Waals surface area contributed by atoms with Crippen LogP contribution in [0.5, 0.6) is 5.75 Å². The third-order valence-electron chi connectivity index (χ3n) is 1.68. The van der Waals surface area contributed by atoms with Crippen LogP contribution in [0, 0.1) is 28.6 Å². The summed E-state index contributed by atoms with van der Waals surface area (Å²) in [6.45, 7) is 2.14. The highest BCUT2D eigenvalue weighted by molar-refractivity contribution is 5.36. The van der Waals surface area contributed by atoms with Crippen molar-refractivity contribution in [2.75, 3.05) is 6.61 Å². The maximum Gasteiger partial charge on any atom is 0.120 e. The second-order valence-electron chi connectivity index (χ2n) is 2.98. The highest BCUT2D eigenvalue weighted by Gasteiger charge is 2.01. The fraction of sp³-hybridized carbons (Fsp3) is 0.273. The fourth-order valence-electron chi connectivity index (χ4n) is 0.914. The molecule has 0 aliphatic rings. The Balaban J connectivity index is 2.61. The molecule has 0 N–H and O–H groups in total. The average molecular weight is 186 g/mol. The Morgan fingerprint density at radius 1 is 1.43 bits per heavy atom. The summed E-state index contributed by atoms with van der Waals surface area (Å²) in [6, 6.07) is 11.0. The van der Waals surface area contributed by atoms with E-state index in [9.17, 15) is 0 Å². The van der Waals surface area contributed by atoms with Crippen LogP contribution in [0.15, 0.2) is 24.3 Å². The Bertz CT molecular complexity index is 387. The molecule has 0 radical (unpaired) electrons. The Labute approximate surface area is 83.2 Å². The molecule has 0 saturated carbocycles. The van der Waals surface area contributed by atoms with Gasteiger partial charge in [-0.1, -0.05) is 6.07 Å². The topological polar surface area (TPSA) is 56.8 Å². The van der Waals surface area contributed by atoms with E-state index in [-0.39, 0.29) is 5.92 Å². The molecule has 0 bridgehead atoms. The quantitative estimate of drug-likeness (QED) is 0.726. The third kappa shape index (κ3) is 2.80. The summed E-state index contributed by atoms with van der Waals surface area (Å²) in [4.78, 5) is 0. The molecule has 3 nitrogen and oxygen atoms in total. The molecule has 1 atom stereocenters. The second kappa shape index (κ2) is 4.89. The van der Waals surface area contributed by atoms with Crippen LogP contribution in [0.1, 0.15) is 12.5 Å². The number of rotatable bonds is 3. The number of nitriles is 2. The number of hydrogen-bond donors (Lipinski definition) is 0. The summed E-state index contributed by atoms with van der Waals surface area (Å²) in [5, 5.41) is 17.2. The van der Waals surface area contributed by atoms with Crippen LogP contribution >= 0.6 is 0 Å². The van der Waals surface area contributed by atoms with Gasteiger partial charge in [0.25, 0.3) is 0 Å². The lowest BCUT2D eigenvalue weighted by atomic mass is 10.2. The van der Waals surface area contributed by atoms with Gasteiger partial charge in [0.1, 0.15) is 12.4 Å². The Hall–Kier alpha value is -2.00. The van der Waals surface area contributed by atoms with E-state index in [4.69, 9.17) is 15.3 Å². The van der Waals surface area contributed by atoms with E-state index in [1.165, 1.54) is 0 Å². The smallest absolute Gasteiger partial charge is 0.120 e. The number of hydrogen-bond acceptors (Lipinski definition) is 3. The molecule has 0 heterocycles. The molecule has 1 unspecified atom stereocenters. The largest absolute Gasteiger partial charge is 0.492 e. The van der Waals surface area contributed by atoms with Gasteiger partial charge in [0.05, 0.1) is 23.6 Å². The van der Waals surface area contributed by atoms with Crippen LogP contribution in [0.3, 0.4) is 0 Å². The van der Waals surface area contributed by atoms with Gasteiger partial charge in [-0.25, -0.2) is 0 Å². The highest BCUT2D eigenvalue weighted by Crippen LogP contribution is 2.13. The van der Waals surface area contributed by atoms with Gasteiger partial charge in [-0.05, 0) is 25.1 Å². The molecular formula is C11H10N2O. The average Bonchev–Trinajstić information content (AvgIpc) is 2.26. The van der Waals surface area contributed by atoms with Crippen molar-refractivity contribution in [1.82, 2.24) is 0 Å². The van der Waals surface area contributed by atoms with Gasteiger partial charge >= 0.3 is 0 Å². The van der Waals surface area contributed by atoms with Crippen LogP contribution in [0.4, 0.5) is 0 Å². The van der Waals surface area contributed by atoms with Crippen molar-refractivity contribution in [1.29, 1.82) is 10.5 Å². The summed E-state index contributed by atoms with van der Waals surface area (Å²) in [5.74, 6) is 0.492. The Morgan fingerprint density at radius 2 is 2.21 bits per heavy atom. The number of benzene rings is 1. The predicted molar refractivity (Wildman–Crippen MR) is 51.4 cm³/mol. The minimum Gasteiger partial charge on any atom is -0.492 e. The van der Waals surface area contributed by atoms with Gasteiger partial charge < -0.3 is 4.74 Å². The van der Waals surface area contributed by atoms with Crippen molar-refractivity contribution in [2.24, 2.45) is 5.92 Å². The van der Waals surface area contributed by atoms with Crippen molar-refractivity contribution in [2.45, 2.75) is 6.92 Å². The zero-order chi connectivity index (χ0) is 10.4. The van der Waals surface area contributed by atoms with E-state index < -0.39 is 0 Å². The van der Waals surface area contributed by atoms with E-state index in [0.29, 0.717) is 17.9 Å². The second-order valence-corrected chi connectivity index (χ2v) is 2.98. The van der Waals surface area contributed by atoms with Gasteiger partial charge in [-0.3, -0.25) is 0 Å². The molecular weight excluding hydrogens is 176 g/mol. The summed E-state index contributed by atoms with van der Waals surface area (Å²) in [7, 11) is 0. The Kier molecular flexibility index (Phi) is 3.52. The SMILES string of the molecule is CC(C#N)COc1cccc(C#N)c1. The first kappa shape index (κ1) is 10.1. The highest BCUT2D eigenvalue weighted by atomic mass is 16.5. The summed E-state index contributed by atoms with van der Waals surface area (Å²) in [6.07, 6.45) is 0. The number of ether oxygens (including phenoxy) is 1. The van der Waals surface area contributed by atoms with E-state index in [0.717, 1.165) is 0 Å². The van der Waals surface area contributed by atoms with Gasteiger partial charge in [-0.15, -0.1) is 0 Å². The predicted octanol–water partition coefficient (Wildman–Crippen LogP) is 2.10. The van der Waals surface area contributed by atoms with Crippen LogP contribution in [-0.2, 0) is 0 Å². The first-order valence-electron chi connectivity index (χ1n) is 4.29.